The third kappa shape index (κ3) is 2.55. The number of aliphatic hydroxyl groups excluding tert-OH is 1. The standard InChI is InChI=1S/C11H15BrO/c1-3-8(2)10-5-4-9(7-13)6-11(10)12/h4-6,8,13H,3,7H2,1-2H3. The van der Waals surface area contributed by atoms with E-state index in [0.29, 0.717) is 5.92 Å². The Hall–Kier alpha value is -0.340. The molecule has 1 aromatic rings. The second-order valence-corrected chi connectivity index (χ2v) is 4.18. The van der Waals surface area contributed by atoms with Crippen molar-refractivity contribution in [1.29, 1.82) is 0 Å². The Bertz CT molecular complexity index is 283. The highest BCUT2D eigenvalue weighted by molar-refractivity contribution is 9.10. The predicted octanol–water partition coefficient (Wildman–Crippen LogP) is 3.45. The molecule has 0 fully saturated rings. The van der Waals surface area contributed by atoms with Crippen LogP contribution in [0.25, 0.3) is 0 Å². The molecule has 1 unspecified atom stereocenters. The van der Waals surface area contributed by atoms with E-state index in [1.54, 1.807) is 0 Å². The summed E-state index contributed by atoms with van der Waals surface area (Å²) in [6.07, 6.45) is 1.14. The van der Waals surface area contributed by atoms with Crippen molar-refractivity contribution in [2.24, 2.45) is 0 Å². The number of halogens is 1. The first-order valence-electron chi connectivity index (χ1n) is 4.58. The number of hydrogen-bond donors (Lipinski definition) is 1. The lowest BCUT2D eigenvalue weighted by atomic mass is 9.98. The minimum Gasteiger partial charge on any atom is -0.392 e. The molecule has 0 saturated heterocycles. The van der Waals surface area contributed by atoms with Crippen molar-refractivity contribution in [3.05, 3.63) is 33.8 Å². The van der Waals surface area contributed by atoms with Gasteiger partial charge in [-0.1, -0.05) is 41.9 Å². The fraction of sp³-hybridized carbons (Fsp3) is 0.455. The van der Waals surface area contributed by atoms with Gasteiger partial charge in [0.05, 0.1) is 6.61 Å². The number of hydrogen-bond acceptors (Lipinski definition) is 1. The van der Waals surface area contributed by atoms with Crippen LogP contribution >= 0.6 is 15.9 Å². The third-order valence-electron chi connectivity index (χ3n) is 2.39. The maximum atomic E-state index is 8.93. The lowest BCUT2D eigenvalue weighted by Crippen LogP contribution is -1.94. The van der Waals surface area contributed by atoms with E-state index in [1.165, 1.54) is 5.56 Å². The monoisotopic (exact) mass is 242 g/mol. The van der Waals surface area contributed by atoms with Crippen molar-refractivity contribution >= 4 is 15.9 Å². The average molecular weight is 243 g/mol. The summed E-state index contributed by atoms with van der Waals surface area (Å²) in [6, 6.07) is 6.05. The summed E-state index contributed by atoms with van der Waals surface area (Å²) in [5.74, 6) is 0.571. The first-order valence-corrected chi connectivity index (χ1v) is 5.37. The number of aliphatic hydroxyl groups is 1. The number of benzene rings is 1. The van der Waals surface area contributed by atoms with Crippen LogP contribution in [0.3, 0.4) is 0 Å². The van der Waals surface area contributed by atoms with Gasteiger partial charge in [0.2, 0.25) is 0 Å². The maximum absolute atomic E-state index is 8.93. The molecule has 2 heteroatoms. The molecular weight excluding hydrogens is 228 g/mol. The van der Waals surface area contributed by atoms with Gasteiger partial charge in [0.1, 0.15) is 0 Å². The molecule has 1 aromatic carbocycles. The zero-order chi connectivity index (χ0) is 9.84. The molecule has 0 heterocycles. The molecule has 1 nitrogen and oxygen atoms in total. The summed E-state index contributed by atoms with van der Waals surface area (Å²) < 4.78 is 1.11. The largest absolute Gasteiger partial charge is 0.392 e. The van der Waals surface area contributed by atoms with E-state index in [0.717, 1.165) is 16.5 Å². The van der Waals surface area contributed by atoms with Crippen LogP contribution in [0, 0.1) is 0 Å². The molecule has 0 aliphatic rings. The first kappa shape index (κ1) is 10.7. The van der Waals surface area contributed by atoms with Gasteiger partial charge in [-0.2, -0.15) is 0 Å². The van der Waals surface area contributed by atoms with Crippen LogP contribution < -0.4 is 0 Å². The molecule has 72 valence electrons. The van der Waals surface area contributed by atoms with E-state index in [1.807, 2.05) is 12.1 Å². The lowest BCUT2D eigenvalue weighted by Gasteiger charge is -2.11. The summed E-state index contributed by atoms with van der Waals surface area (Å²) in [4.78, 5) is 0. The summed E-state index contributed by atoms with van der Waals surface area (Å²) in [7, 11) is 0. The minimum atomic E-state index is 0.111. The fourth-order valence-corrected chi connectivity index (χ4v) is 2.11. The van der Waals surface area contributed by atoms with E-state index in [2.05, 4.69) is 35.8 Å². The predicted molar refractivity (Wildman–Crippen MR) is 58.8 cm³/mol. The molecule has 0 radical (unpaired) electrons. The molecular formula is C11H15BrO. The molecule has 1 N–H and O–H groups in total. The summed E-state index contributed by atoms with van der Waals surface area (Å²) in [5.41, 5.74) is 2.28. The zero-order valence-corrected chi connectivity index (χ0v) is 9.63. The van der Waals surface area contributed by atoms with Gasteiger partial charge in [0, 0.05) is 4.47 Å². The third-order valence-corrected chi connectivity index (χ3v) is 3.08. The highest BCUT2D eigenvalue weighted by Gasteiger charge is 2.07. The molecule has 0 aromatic heterocycles. The quantitative estimate of drug-likeness (QED) is 0.861. The van der Waals surface area contributed by atoms with Crippen LogP contribution in [-0.2, 0) is 6.61 Å². The molecule has 0 spiro atoms. The average Bonchev–Trinajstić information content (AvgIpc) is 2.16. The Morgan fingerprint density at radius 3 is 2.62 bits per heavy atom. The second kappa shape index (κ2) is 4.77. The molecule has 0 bridgehead atoms. The van der Waals surface area contributed by atoms with Gasteiger partial charge >= 0.3 is 0 Å². The SMILES string of the molecule is CCC(C)c1ccc(CO)cc1Br. The van der Waals surface area contributed by atoms with Crippen molar-refractivity contribution in [2.75, 3.05) is 0 Å². The van der Waals surface area contributed by atoms with Gasteiger partial charge in [-0.3, -0.25) is 0 Å². The van der Waals surface area contributed by atoms with E-state index in [4.69, 9.17) is 5.11 Å². The van der Waals surface area contributed by atoms with E-state index >= 15 is 0 Å². The Labute approximate surface area is 87.9 Å². The van der Waals surface area contributed by atoms with Crippen molar-refractivity contribution in [3.63, 3.8) is 0 Å². The summed E-state index contributed by atoms with van der Waals surface area (Å²) in [6.45, 7) is 4.50. The molecule has 0 saturated carbocycles. The Kier molecular flexibility index (Phi) is 3.94. The van der Waals surface area contributed by atoms with Crippen molar-refractivity contribution in [3.8, 4) is 0 Å². The molecule has 13 heavy (non-hydrogen) atoms. The lowest BCUT2D eigenvalue weighted by molar-refractivity contribution is 0.281. The van der Waals surface area contributed by atoms with Crippen LogP contribution in [0.5, 0.6) is 0 Å². The van der Waals surface area contributed by atoms with Gasteiger partial charge < -0.3 is 5.11 Å². The maximum Gasteiger partial charge on any atom is 0.0682 e. The van der Waals surface area contributed by atoms with Crippen molar-refractivity contribution in [1.82, 2.24) is 0 Å². The van der Waals surface area contributed by atoms with Gasteiger partial charge in [-0.25, -0.2) is 0 Å². The van der Waals surface area contributed by atoms with E-state index in [9.17, 15) is 0 Å². The van der Waals surface area contributed by atoms with E-state index in [-0.39, 0.29) is 6.61 Å². The number of rotatable bonds is 3. The fourth-order valence-electron chi connectivity index (χ4n) is 1.29. The molecule has 0 amide bonds. The summed E-state index contributed by atoms with van der Waals surface area (Å²) in [5, 5.41) is 8.93. The molecule has 0 aliphatic heterocycles. The topological polar surface area (TPSA) is 20.2 Å². The van der Waals surface area contributed by atoms with Crippen LogP contribution in [0.15, 0.2) is 22.7 Å². The van der Waals surface area contributed by atoms with Gasteiger partial charge in [-0.05, 0) is 29.5 Å². The highest BCUT2D eigenvalue weighted by Crippen LogP contribution is 2.27. The highest BCUT2D eigenvalue weighted by atomic mass is 79.9. The van der Waals surface area contributed by atoms with Crippen molar-refractivity contribution < 1.29 is 5.11 Å². The van der Waals surface area contributed by atoms with Crippen LogP contribution in [0.4, 0.5) is 0 Å². The first-order chi connectivity index (χ1) is 6.19. The van der Waals surface area contributed by atoms with Crippen molar-refractivity contribution in [2.45, 2.75) is 32.8 Å². The Balaban J connectivity index is 2.98. The zero-order valence-electron chi connectivity index (χ0n) is 8.05. The molecule has 1 atom stereocenters. The van der Waals surface area contributed by atoms with Crippen LogP contribution in [0.1, 0.15) is 37.3 Å². The smallest absolute Gasteiger partial charge is 0.0682 e. The van der Waals surface area contributed by atoms with Gasteiger partial charge in [0.25, 0.3) is 0 Å². The van der Waals surface area contributed by atoms with Crippen LogP contribution in [0.2, 0.25) is 0 Å². The summed E-state index contributed by atoms with van der Waals surface area (Å²) >= 11 is 3.52. The van der Waals surface area contributed by atoms with E-state index < -0.39 is 0 Å². The van der Waals surface area contributed by atoms with Crippen LogP contribution in [-0.4, -0.2) is 5.11 Å². The minimum absolute atomic E-state index is 0.111. The second-order valence-electron chi connectivity index (χ2n) is 3.32. The molecule has 0 aliphatic carbocycles. The normalized spacial score (nSPS) is 12.9. The molecule has 1 rings (SSSR count). The Morgan fingerprint density at radius 1 is 1.46 bits per heavy atom. The van der Waals surface area contributed by atoms with Gasteiger partial charge in [0.15, 0.2) is 0 Å². The van der Waals surface area contributed by atoms with Gasteiger partial charge in [-0.15, -0.1) is 0 Å². The Morgan fingerprint density at radius 2 is 2.15 bits per heavy atom.